The minimum absolute atomic E-state index is 0.816. The van der Waals surface area contributed by atoms with E-state index in [0.717, 1.165) is 133 Å². The second kappa shape index (κ2) is 17.5. The summed E-state index contributed by atoms with van der Waals surface area (Å²) in [6, 6.07) is 86.0. The molecule has 14 aromatic rings. The molecule has 2 heterocycles. The first-order valence-electron chi connectivity index (χ1n) is 24.8. The normalized spacial score (nSPS) is 11.6. The molecule has 0 N–H and O–H groups in total. The Morgan fingerprint density at radius 3 is 1.01 bits per heavy atom. The van der Waals surface area contributed by atoms with E-state index in [0.29, 0.717) is 0 Å². The first-order valence-corrected chi connectivity index (χ1v) is 24.8. The molecule has 74 heavy (non-hydrogen) atoms. The van der Waals surface area contributed by atoms with Crippen LogP contribution < -0.4 is 19.3 Å². The minimum atomic E-state index is 0.816. The number of hydrogen-bond acceptors (Lipinski definition) is 6. The number of anilines is 6. The standard InChI is InChI=1S/C68H46N2O4/c1-71-59-29-19-47-33-55(25-17-49(47)35-59)69(53-21-13-45(14-22-53)43-9-5-3-6-10-43)57-27-31-61-63-37-51-40-66-64(38-52(51)39-65(63)73-67(61)41-57)62-32-28-58(42-68(62)74-66)70(54-23-15-46(16-24-54)44-11-7-4-8-12-44)56-26-18-50-36-60(72-2)30-20-48(50)34-56/h3-42H,1-2H3. The van der Waals surface area contributed by atoms with Gasteiger partial charge in [-0.25, -0.2) is 0 Å². The summed E-state index contributed by atoms with van der Waals surface area (Å²) in [5.41, 5.74) is 14.1. The van der Waals surface area contributed by atoms with Crippen LogP contribution >= 0.6 is 0 Å². The lowest BCUT2D eigenvalue weighted by atomic mass is 10.0. The molecule has 0 fully saturated rings. The largest absolute Gasteiger partial charge is 0.497 e. The van der Waals surface area contributed by atoms with Crippen LogP contribution in [0.25, 0.3) is 98.4 Å². The van der Waals surface area contributed by atoms with E-state index in [-0.39, 0.29) is 0 Å². The molecular formula is C68H46N2O4. The first-order chi connectivity index (χ1) is 36.5. The van der Waals surface area contributed by atoms with E-state index in [1.165, 1.54) is 11.1 Å². The van der Waals surface area contributed by atoms with Gasteiger partial charge in [-0.05, 0) is 176 Å². The summed E-state index contributed by atoms with van der Waals surface area (Å²) < 4.78 is 24.7. The number of hydrogen-bond donors (Lipinski definition) is 0. The Morgan fingerprint density at radius 2 is 0.595 bits per heavy atom. The summed E-state index contributed by atoms with van der Waals surface area (Å²) >= 11 is 0. The lowest BCUT2D eigenvalue weighted by molar-refractivity contribution is 0.415. The van der Waals surface area contributed by atoms with Crippen molar-refractivity contribution in [2.45, 2.75) is 0 Å². The fourth-order valence-corrected chi connectivity index (χ4v) is 10.8. The maximum Gasteiger partial charge on any atom is 0.137 e. The van der Waals surface area contributed by atoms with E-state index in [1.54, 1.807) is 14.2 Å². The van der Waals surface area contributed by atoms with Gasteiger partial charge in [0.15, 0.2) is 0 Å². The van der Waals surface area contributed by atoms with Crippen molar-refractivity contribution in [2.24, 2.45) is 0 Å². The Labute approximate surface area is 427 Å². The Hall–Kier alpha value is -9.78. The Bertz CT molecular complexity index is 4160. The van der Waals surface area contributed by atoms with Gasteiger partial charge in [0.05, 0.1) is 14.2 Å². The van der Waals surface area contributed by atoms with E-state index in [1.807, 2.05) is 24.3 Å². The highest BCUT2D eigenvalue weighted by Crippen LogP contribution is 2.44. The molecule has 0 aliphatic carbocycles. The van der Waals surface area contributed by atoms with E-state index in [4.69, 9.17) is 18.3 Å². The van der Waals surface area contributed by atoms with Crippen LogP contribution in [0.15, 0.2) is 251 Å². The van der Waals surface area contributed by atoms with Crippen LogP contribution in [0.3, 0.4) is 0 Å². The molecule has 0 saturated heterocycles. The molecular weight excluding hydrogens is 909 g/mol. The van der Waals surface area contributed by atoms with Crippen molar-refractivity contribution in [2.75, 3.05) is 24.0 Å². The molecule has 6 heteroatoms. The van der Waals surface area contributed by atoms with Gasteiger partial charge in [0.2, 0.25) is 0 Å². The predicted octanol–water partition coefficient (Wildman–Crippen LogP) is 19.2. The van der Waals surface area contributed by atoms with Gasteiger partial charge in [0.25, 0.3) is 0 Å². The van der Waals surface area contributed by atoms with Gasteiger partial charge < -0.3 is 28.1 Å². The predicted molar refractivity (Wildman–Crippen MR) is 307 cm³/mol. The summed E-state index contributed by atoms with van der Waals surface area (Å²) in [7, 11) is 3.41. The maximum atomic E-state index is 6.80. The van der Waals surface area contributed by atoms with Crippen LogP contribution in [-0.4, -0.2) is 14.2 Å². The average Bonchev–Trinajstić information content (AvgIpc) is 4.00. The second-order valence-corrected chi connectivity index (χ2v) is 18.9. The molecule has 0 saturated carbocycles. The van der Waals surface area contributed by atoms with E-state index >= 15 is 0 Å². The van der Waals surface area contributed by atoms with Crippen molar-refractivity contribution in [3.63, 3.8) is 0 Å². The van der Waals surface area contributed by atoms with Crippen LogP contribution in [-0.2, 0) is 0 Å². The van der Waals surface area contributed by atoms with Crippen molar-refractivity contribution < 1.29 is 18.3 Å². The third-order valence-electron chi connectivity index (χ3n) is 14.5. The summed E-state index contributed by atoms with van der Waals surface area (Å²) in [6.45, 7) is 0. The lowest BCUT2D eigenvalue weighted by Crippen LogP contribution is -2.09. The highest BCUT2D eigenvalue weighted by molar-refractivity contribution is 6.16. The van der Waals surface area contributed by atoms with Gasteiger partial charge in [0.1, 0.15) is 33.8 Å². The van der Waals surface area contributed by atoms with Crippen LogP contribution in [0, 0.1) is 0 Å². The average molecular weight is 955 g/mol. The van der Waals surface area contributed by atoms with Crippen LogP contribution in [0.2, 0.25) is 0 Å². The fourth-order valence-electron chi connectivity index (χ4n) is 10.8. The molecule has 6 nitrogen and oxygen atoms in total. The number of methoxy groups -OCH3 is 2. The molecule has 12 aromatic carbocycles. The molecule has 0 amide bonds. The Kier molecular flexibility index (Phi) is 10.2. The number of fused-ring (bicyclic) bond motifs is 9. The van der Waals surface area contributed by atoms with Crippen molar-refractivity contribution in [1.82, 2.24) is 0 Å². The second-order valence-electron chi connectivity index (χ2n) is 18.9. The van der Waals surface area contributed by atoms with Crippen LogP contribution in [0.5, 0.6) is 11.5 Å². The molecule has 0 atom stereocenters. The summed E-state index contributed by atoms with van der Waals surface area (Å²) in [4.78, 5) is 4.60. The molecule has 0 unspecified atom stereocenters. The molecule has 352 valence electrons. The van der Waals surface area contributed by atoms with Crippen molar-refractivity contribution in [3.05, 3.63) is 243 Å². The highest BCUT2D eigenvalue weighted by atomic mass is 16.5. The van der Waals surface area contributed by atoms with E-state index in [9.17, 15) is 0 Å². The topological polar surface area (TPSA) is 51.2 Å². The molecule has 0 radical (unpaired) electrons. The highest BCUT2D eigenvalue weighted by Gasteiger charge is 2.20. The fraction of sp³-hybridized carbons (Fsp3) is 0.0294. The molecule has 0 aliphatic rings. The quantitative estimate of drug-likeness (QED) is 0.136. The summed E-state index contributed by atoms with van der Waals surface area (Å²) in [5, 5.41) is 10.8. The molecule has 0 bridgehead atoms. The number of benzene rings is 12. The SMILES string of the molecule is COc1ccc2cc(N(c3ccc(-c4ccccc4)cc3)c3ccc4c(c3)oc3cc5cc6c(cc5cc34)oc3cc(N(c4ccc(-c5ccccc5)cc4)c4ccc5cc(OC)ccc5c4)ccc36)ccc2c1. The van der Waals surface area contributed by atoms with Crippen LogP contribution in [0.4, 0.5) is 34.1 Å². The Morgan fingerprint density at radius 1 is 0.257 bits per heavy atom. The van der Waals surface area contributed by atoms with Crippen molar-refractivity contribution >= 4 is 110 Å². The third-order valence-corrected chi connectivity index (χ3v) is 14.5. The van der Waals surface area contributed by atoms with Gasteiger partial charge in [-0.15, -0.1) is 0 Å². The number of furan rings is 2. The number of rotatable bonds is 10. The van der Waals surface area contributed by atoms with Gasteiger partial charge in [-0.1, -0.05) is 109 Å². The van der Waals surface area contributed by atoms with E-state index < -0.39 is 0 Å². The van der Waals surface area contributed by atoms with Gasteiger partial charge in [0, 0.05) is 67.8 Å². The van der Waals surface area contributed by atoms with Gasteiger partial charge >= 0.3 is 0 Å². The zero-order valence-electron chi connectivity index (χ0n) is 40.6. The zero-order valence-corrected chi connectivity index (χ0v) is 40.6. The summed E-state index contributed by atoms with van der Waals surface area (Å²) in [6.07, 6.45) is 0. The van der Waals surface area contributed by atoms with E-state index in [2.05, 4.69) is 228 Å². The van der Waals surface area contributed by atoms with Crippen molar-refractivity contribution in [1.29, 1.82) is 0 Å². The zero-order chi connectivity index (χ0) is 49.3. The smallest absolute Gasteiger partial charge is 0.137 e. The first kappa shape index (κ1) is 43.0. The molecule has 2 aromatic heterocycles. The lowest BCUT2D eigenvalue weighted by Gasteiger charge is -2.26. The molecule has 0 spiro atoms. The monoisotopic (exact) mass is 954 g/mol. The molecule has 14 rings (SSSR count). The van der Waals surface area contributed by atoms with Gasteiger partial charge in [-0.2, -0.15) is 0 Å². The van der Waals surface area contributed by atoms with Crippen molar-refractivity contribution in [3.8, 4) is 33.8 Å². The number of ether oxygens (including phenoxy) is 2. The van der Waals surface area contributed by atoms with Gasteiger partial charge in [-0.3, -0.25) is 0 Å². The maximum absolute atomic E-state index is 6.80. The minimum Gasteiger partial charge on any atom is -0.497 e. The third kappa shape index (κ3) is 7.51. The summed E-state index contributed by atoms with van der Waals surface area (Å²) in [5.74, 6) is 1.67. The molecule has 0 aliphatic heterocycles. The Balaban J connectivity index is 0.842. The number of nitrogens with zero attached hydrogens (tertiary/aromatic N) is 2. The van der Waals surface area contributed by atoms with Crippen LogP contribution in [0.1, 0.15) is 0 Å².